The quantitative estimate of drug-likeness (QED) is 0.0347. The van der Waals surface area contributed by atoms with Crippen LogP contribution in [0, 0.1) is 5.92 Å². The third-order valence-electron chi connectivity index (χ3n) is 6.87. The molecule has 0 amide bonds. The lowest BCUT2D eigenvalue weighted by molar-refractivity contribution is -0.161. The van der Waals surface area contributed by atoms with Gasteiger partial charge in [0.1, 0.15) is 6.61 Å². The zero-order valence-corrected chi connectivity index (χ0v) is 28.2. The van der Waals surface area contributed by atoms with Gasteiger partial charge in [0.25, 0.3) is 0 Å². The number of carbonyl (C=O) groups excluding carboxylic acids is 2. The number of allylic oxidation sites excluding steroid dienone is 8. The summed E-state index contributed by atoms with van der Waals surface area (Å²) in [6, 6.07) is 0. The summed E-state index contributed by atoms with van der Waals surface area (Å²) < 4.78 is 10.4. The van der Waals surface area contributed by atoms with Crippen molar-refractivity contribution in [2.75, 3.05) is 13.2 Å². The maximum atomic E-state index is 12.1. The molecule has 7 nitrogen and oxygen atoms in total. The van der Waals surface area contributed by atoms with Crippen LogP contribution in [0.1, 0.15) is 117 Å². The second kappa shape index (κ2) is 31.3. The van der Waals surface area contributed by atoms with Crippen LogP contribution in [0.25, 0.3) is 0 Å². The number of ether oxygens (including phenoxy) is 2. The molecule has 0 spiro atoms. The summed E-state index contributed by atoms with van der Waals surface area (Å²) >= 11 is 0. The highest BCUT2D eigenvalue weighted by atomic mass is 16.6. The first-order valence-corrected chi connectivity index (χ1v) is 17.1. The van der Waals surface area contributed by atoms with Crippen LogP contribution < -0.4 is 0 Å². The van der Waals surface area contributed by atoms with Crippen LogP contribution in [0.3, 0.4) is 0 Å². The lowest BCUT2D eigenvalue weighted by Gasteiger charge is -2.15. The first-order valence-electron chi connectivity index (χ1n) is 17.1. The fourth-order valence-electron chi connectivity index (χ4n) is 4.23. The molecule has 0 saturated heterocycles. The topological polar surface area (TPSA) is 113 Å². The van der Waals surface area contributed by atoms with Crippen molar-refractivity contribution >= 4 is 11.9 Å². The number of carbonyl (C=O) groups is 2. The van der Waals surface area contributed by atoms with Crippen molar-refractivity contribution in [1.29, 1.82) is 0 Å². The largest absolute Gasteiger partial charge is 0.462 e. The molecule has 3 atom stereocenters. The Kier molecular flexibility index (Phi) is 29.3. The molecule has 3 N–H and O–H groups in total. The molecule has 0 bridgehead atoms. The van der Waals surface area contributed by atoms with E-state index in [9.17, 15) is 24.9 Å². The van der Waals surface area contributed by atoms with Crippen molar-refractivity contribution in [2.24, 2.45) is 5.92 Å². The normalized spacial score (nSPS) is 14.6. The number of hydrogen-bond acceptors (Lipinski definition) is 7. The molecule has 0 aliphatic carbocycles. The van der Waals surface area contributed by atoms with E-state index in [4.69, 9.17) is 9.47 Å². The lowest BCUT2D eigenvalue weighted by Crippen LogP contribution is -2.28. The predicted octanol–water partition coefficient (Wildman–Crippen LogP) is 8.02. The van der Waals surface area contributed by atoms with E-state index < -0.39 is 24.3 Å². The zero-order chi connectivity index (χ0) is 33.4. The summed E-state index contributed by atoms with van der Waals surface area (Å²) in [5.41, 5.74) is 0. The molecule has 45 heavy (non-hydrogen) atoms. The number of aliphatic hydroxyl groups excluding tert-OH is 3. The van der Waals surface area contributed by atoms with Gasteiger partial charge in [0.05, 0.1) is 18.8 Å². The van der Waals surface area contributed by atoms with Gasteiger partial charge >= 0.3 is 11.9 Å². The molecule has 0 aromatic carbocycles. The van der Waals surface area contributed by atoms with Crippen molar-refractivity contribution in [3.05, 3.63) is 72.9 Å². The molecule has 0 aromatic heterocycles. The number of aliphatic hydroxyl groups is 3. The minimum Gasteiger partial charge on any atom is -0.462 e. The number of hydrogen-bond donors (Lipinski definition) is 3. The standard InChI is InChI=1S/C38H62O7/c1-4-5-17-25-34(40)27-20-15-16-21-28-35(41)26-19-12-9-10-13-22-29-37(42)44-32-36(31-39)45-38(43)30-23-14-8-6-7-11-18-24-33(2)3/h5,10,12-13,15-17,19-21,27-28,33-36,39-41H,4,6-9,11,14,18,22-26,29-32H2,1-3H3/b13-10-,16-15-,17-5-,19-12-,27-20+,28-21+/t34-,35+,36+/m1/s1. The Morgan fingerprint density at radius 1 is 0.689 bits per heavy atom. The Morgan fingerprint density at radius 3 is 1.87 bits per heavy atom. The van der Waals surface area contributed by atoms with Crippen molar-refractivity contribution in [3.8, 4) is 0 Å². The summed E-state index contributed by atoms with van der Waals surface area (Å²) in [7, 11) is 0. The molecule has 0 rings (SSSR count). The Labute approximate surface area is 273 Å². The van der Waals surface area contributed by atoms with Gasteiger partial charge in [0, 0.05) is 12.8 Å². The molecule has 0 unspecified atom stereocenters. The summed E-state index contributed by atoms with van der Waals surface area (Å²) in [5, 5.41) is 29.3. The van der Waals surface area contributed by atoms with Crippen LogP contribution >= 0.6 is 0 Å². The summed E-state index contributed by atoms with van der Waals surface area (Å²) in [6.07, 6.45) is 33.3. The highest BCUT2D eigenvalue weighted by molar-refractivity contribution is 5.70. The van der Waals surface area contributed by atoms with Gasteiger partial charge in [-0.25, -0.2) is 0 Å². The van der Waals surface area contributed by atoms with Gasteiger partial charge in [-0.2, -0.15) is 0 Å². The van der Waals surface area contributed by atoms with E-state index in [1.807, 2.05) is 48.6 Å². The monoisotopic (exact) mass is 630 g/mol. The van der Waals surface area contributed by atoms with Crippen LogP contribution in [-0.2, 0) is 19.1 Å². The van der Waals surface area contributed by atoms with Gasteiger partial charge < -0.3 is 24.8 Å². The van der Waals surface area contributed by atoms with Gasteiger partial charge in [0.15, 0.2) is 6.10 Å². The molecule has 0 aromatic rings. The second-order valence-corrected chi connectivity index (χ2v) is 11.7. The highest BCUT2D eigenvalue weighted by Crippen LogP contribution is 2.13. The molecule has 0 heterocycles. The van der Waals surface area contributed by atoms with E-state index >= 15 is 0 Å². The van der Waals surface area contributed by atoms with Gasteiger partial charge in [-0.05, 0) is 44.4 Å². The average Bonchev–Trinajstić information content (AvgIpc) is 3.01. The van der Waals surface area contributed by atoms with Crippen LogP contribution in [0.4, 0.5) is 0 Å². The maximum Gasteiger partial charge on any atom is 0.306 e. The molecule has 0 saturated carbocycles. The molecular weight excluding hydrogens is 568 g/mol. The Hall–Kier alpha value is -2.74. The third-order valence-corrected chi connectivity index (χ3v) is 6.87. The predicted molar refractivity (Wildman–Crippen MR) is 185 cm³/mol. The molecule has 0 fully saturated rings. The molecule has 0 radical (unpaired) electrons. The zero-order valence-electron chi connectivity index (χ0n) is 28.2. The highest BCUT2D eigenvalue weighted by Gasteiger charge is 2.15. The minimum absolute atomic E-state index is 0.146. The Balaban J connectivity index is 3.92. The van der Waals surface area contributed by atoms with Crippen LogP contribution in [-0.4, -0.2) is 58.8 Å². The van der Waals surface area contributed by atoms with E-state index in [-0.39, 0.29) is 25.6 Å². The smallest absolute Gasteiger partial charge is 0.306 e. The van der Waals surface area contributed by atoms with E-state index in [0.29, 0.717) is 32.1 Å². The van der Waals surface area contributed by atoms with Crippen molar-refractivity contribution < 1.29 is 34.4 Å². The first kappa shape index (κ1) is 42.3. The van der Waals surface area contributed by atoms with Crippen LogP contribution in [0.15, 0.2) is 72.9 Å². The summed E-state index contributed by atoms with van der Waals surface area (Å²) in [6.45, 7) is 6.03. The van der Waals surface area contributed by atoms with Gasteiger partial charge in [-0.1, -0.05) is 139 Å². The Bertz CT molecular complexity index is 898. The molecule has 0 aliphatic rings. The van der Waals surface area contributed by atoms with Gasteiger partial charge in [-0.15, -0.1) is 0 Å². The molecule has 0 aliphatic heterocycles. The Morgan fingerprint density at radius 2 is 1.27 bits per heavy atom. The lowest BCUT2D eigenvalue weighted by atomic mass is 10.0. The van der Waals surface area contributed by atoms with Crippen LogP contribution in [0.2, 0.25) is 0 Å². The van der Waals surface area contributed by atoms with E-state index in [1.165, 1.54) is 32.1 Å². The van der Waals surface area contributed by atoms with E-state index in [0.717, 1.165) is 31.6 Å². The minimum atomic E-state index is -0.835. The van der Waals surface area contributed by atoms with Crippen molar-refractivity contribution in [1.82, 2.24) is 0 Å². The number of unbranched alkanes of at least 4 members (excludes halogenated alkanes) is 6. The van der Waals surface area contributed by atoms with Crippen LogP contribution in [0.5, 0.6) is 0 Å². The fraction of sp³-hybridized carbons (Fsp3) is 0.632. The average molecular weight is 631 g/mol. The van der Waals surface area contributed by atoms with Crippen molar-refractivity contribution in [3.63, 3.8) is 0 Å². The van der Waals surface area contributed by atoms with Gasteiger partial charge in [-0.3, -0.25) is 9.59 Å². The summed E-state index contributed by atoms with van der Waals surface area (Å²) in [5.74, 6) is 0.00115. The number of esters is 2. The second-order valence-electron chi connectivity index (χ2n) is 11.7. The van der Waals surface area contributed by atoms with Gasteiger partial charge in [0.2, 0.25) is 0 Å². The van der Waals surface area contributed by atoms with E-state index in [1.54, 1.807) is 24.3 Å². The van der Waals surface area contributed by atoms with Crippen molar-refractivity contribution in [2.45, 2.75) is 135 Å². The fourth-order valence-corrected chi connectivity index (χ4v) is 4.23. The molecule has 256 valence electrons. The first-order chi connectivity index (χ1) is 21.8. The number of rotatable bonds is 28. The summed E-state index contributed by atoms with van der Waals surface area (Å²) in [4.78, 5) is 24.1. The third kappa shape index (κ3) is 31.0. The molecular formula is C38H62O7. The SMILES string of the molecule is CC/C=C\C[C@@H](O)/C=C/C=C\C=C\[C@@H](O)C/C=C\C/C=C\CCC(=O)OC[C@H](CO)OC(=O)CCCCCCCCCC(C)C. The molecule has 7 heteroatoms. The van der Waals surface area contributed by atoms with E-state index in [2.05, 4.69) is 20.8 Å². The maximum absolute atomic E-state index is 12.1.